The molecule has 1 aliphatic rings. The Labute approximate surface area is 106 Å². The minimum atomic E-state index is -0.880. The molecule has 0 atom stereocenters. The van der Waals surface area contributed by atoms with Crippen LogP contribution in [0.5, 0.6) is 0 Å². The van der Waals surface area contributed by atoms with E-state index in [1.54, 1.807) is 23.2 Å². The lowest BCUT2D eigenvalue weighted by molar-refractivity contribution is -0.135. The molecule has 0 amide bonds. The number of anilines is 1. The smallest absolute Gasteiger partial charge is 0.323 e. The number of pyridine rings is 1. The summed E-state index contributed by atoms with van der Waals surface area (Å²) in [5.41, 5.74) is 0.931. The van der Waals surface area contributed by atoms with Crippen molar-refractivity contribution >= 4 is 11.7 Å². The number of aromatic nitrogens is 1. The van der Waals surface area contributed by atoms with E-state index < -0.39 is 5.97 Å². The number of hydrogen-bond acceptors (Lipinski definition) is 4. The lowest BCUT2D eigenvalue weighted by Gasteiger charge is -2.29. The Morgan fingerprint density at radius 2 is 2.28 bits per heavy atom. The van der Waals surface area contributed by atoms with E-state index in [-0.39, 0.29) is 12.6 Å². The molecule has 0 spiro atoms. The molecule has 0 bridgehead atoms. The topological polar surface area (TPSA) is 77.2 Å². The molecule has 0 unspecified atom stereocenters. The molecule has 0 saturated heterocycles. The van der Waals surface area contributed by atoms with Crippen LogP contribution in [0, 0.1) is 11.3 Å². The van der Waals surface area contributed by atoms with Crippen LogP contribution in [-0.2, 0) is 4.79 Å². The van der Waals surface area contributed by atoms with E-state index in [2.05, 4.69) is 4.98 Å². The maximum absolute atomic E-state index is 11.0. The Kier molecular flexibility index (Phi) is 3.78. The average Bonchev–Trinajstić information content (AvgIpc) is 2.89. The van der Waals surface area contributed by atoms with Crippen LogP contribution in [0.2, 0.25) is 0 Å². The molecule has 1 N–H and O–H groups in total. The second-order valence-corrected chi connectivity index (χ2v) is 4.44. The van der Waals surface area contributed by atoms with Gasteiger partial charge in [-0.15, -0.1) is 0 Å². The maximum atomic E-state index is 11.0. The van der Waals surface area contributed by atoms with E-state index in [9.17, 15) is 4.79 Å². The quantitative estimate of drug-likeness (QED) is 0.875. The lowest BCUT2D eigenvalue weighted by Crippen LogP contribution is -2.38. The maximum Gasteiger partial charge on any atom is 0.323 e. The minimum absolute atomic E-state index is 0.0783. The number of rotatable bonds is 4. The van der Waals surface area contributed by atoms with Crippen molar-refractivity contribution in [1.82, 2.24) is 4.98 Å². The second kappa shape index (κ2) is 5.50. The number of carboxylic acids is 1. The van der Waals surface area contributed by atoms with Crippen LogP contribution in [0.1, 0.15) is 31.4 Å². The average molecular weight is 245 g/mol. The Balaban J connectivity index is 2.32. The Hall–Kier alpha value is -2.09. The first kappa shape index (κ1) is 12.4. The summed E-state index contributed by atoms with van der Waals surface area (Å²) in [6.07, 6.45) is 5.74. The largest absolute Gasteiger partial charge is 0.480 e. The van der Waals surface area contributed by atoms with Crippen molar-refractivity contribution in [3.63, 3.8) is 0 Å². The SMILES string of the molecule is N#Cc1ncccc1N(CC(=O)O)C1CCCC1. The zero-order valence-corrected chi connectivity index (χ0v) is 10.0. The molecule has 94 valence electrons. The van der Waals surface area contributed by atoms with Gasteiger partial charge in [0.1, 0.15) is 12.6 Å². The van der Waals surface area contributed by atoms with Crippen molar-refractivity contribution in [2.24, 2.45) is 0 Å². The van der Waals surface area contributed by atoms with Gasteiger partial charge >= 0.3 is 5.97 Å². The molecular formula is C13H15N3O2. The van der Waals surface area contributed by atoms with Gasteiger partial charge in [0.2, 0.25) is 0 Å². The Bertz CT molecular complexity index is 475. The van der Waals surface area contributed by atoms with E-state index in [4.69, 9.17) is 10.4 Å². The molecule has 1 saturated carbocycles. The minimum Gasteiger partial charge on any atom is -0.480 e. The highest BCUT2D eigenvalue weighted by Gasteiger charge is 2.26. The highest BCUT2D eigenvalue weighted by atomic mass is 16.4. The van der Waals surface area contributed by atoms with Crippen molar-refractivity contribution in [3.8, 4) is 6.07 Å². The van der Waals surface area contributed by atoms with E-state index in [1.165, 1.54) is 0 Å². The van der Waals surface area contributed by atoms with E-state index in [0.717, 1.165) is 25.7 Å². The van der Waals surface area contributed by atoms with Crippen LogP contribution >= 0.6 is 0 Å². The summed E-state index contributed by atoms with van der Waals surface area (Å²) in [6, 6.07) is 5.74. The Morgan fingerprint density at radius 3 is 2.89 bits per heavy atom. The molecule has 2 rings (SSSR count). The van der Waals surface area contributed by atoms with Crippen LogP contribution in [-0.4, -0.2) is 28.6 Å². The Morgan fingerprint density at radius 1 is 1.56 bits per heavy atom. The van der Waals surface area contributed by atoms with Gasteiger partial charge in [0.15, 0.2) is 5.69 Å². The van der Waals surface area contributed by atoms with Gasteiger partial charge in [0, 0.05) is 12.2 Å². The van der Waals surface area contributed by atoms with Crippen LogP contribution in [0.25, 0.3) is 0 Å². The molecule has 1 aliphatic carbocycles. The molecule has 5 nitrogen and oxygen atoms in total. The summed E-state index contributed by atoms with van der Waals surface area (Å²) < 4.78 is 0. The highest BCUT2D eigenvalue weighted by molar-refractivity contribution is 5.75. The van der Waals surface area contributed by atoms with Crippen molar-refractivity contribution in [3.05, 3.63) is 24.0 Å². The number of carbonyl (C=O) groups is 1. The van der Waals surface area contributed by atoms with Gasteiger partial charge < -0.3 is 10.0 Å². The molecule has 18 heavy (non-hydrogen) atoms. The third-order valence-corrected chi connectivity index (χ3v) is 3.27. The van der Waals surface area contributed by atoms with Gasteiger partial charge in [0.05, 0.1) is 5.69 Å². The first-order valence-electron chi connectivity index (χ1n) is 6.06. The monoisotopic (exact) mass is 245 g/mol. The van der Waals surface area contributed by atoms with E-state index in [0.29, 0.717) is 11.4 Å². The van der Waals surface area contributed by atoms with Gasteiger partial charge in [-0.2, -0.15) is 5.26 Å². The first-order chi connectivity index (χ1) is 8.72. The lowest BCUT2D eigenvalue weighted by atomic mass is 10.1. The van der Waals surface area contributed by atoms with Crippen molar-refractivity contribution in [1.29, 1.82) is 5.26 Å². The summed E-state index contributed by atoms with van der Waals surface area (Å²) in [5, 5.41) is 18.1. The van der Waals surface area contributed by atoms with E-state index >= 15 is 0 Å². The number of aliphatic carboxylic acids is 1. The van der Waals surface area contributed by atoms with Gasteiger partial charge in [-0.05, 0) is 25.0 Å². The molecule has 0 aliphatic heterocycles. The summed E-state index contributed by atoms with van der Waals surface area (Å²) in [4.78, 5) is 16.8. The number of nitriles is 1. The van der Waals surface area contributed by atoms with Crippen LogP contribution in [0.4, 0.5) is 5.69 Å². The normalized spacial score (nSPS) is 15.3. The summed E-state index contributed by atoms with van der Waals surface area (Å²) in [5.74, 6) is -0.880. The molecule has 1 fully saturated rings. The van der Waals surface area contributed by atoms with Crippen LogP contribution < -0.4 is 4.90 Å². The number of hydrogen-bond donors (Lipinski definition) is 1. The molecule has 0 radical (unpaired) electrons. The van der Waals surface area contributed by atoms with Crippen molar-refractivity contribution < 1.29 is 9.90 Å². The molecular weight excluding hydrogens is 230 g/mol. The zero-order chi connectivity index (χ0) is 13.0. The standard InChI is InChI=1S/C13H15N3O2/c14-8-11-12(6-3-7-15-11)16(9-13(17)18)10-4-1-2-5-10/h3,6-7,10H,1-2,4-5,9H2,(H,17,18). The second-order valence-electron chi connectivity index (χ2n) is 4.44. The number of nitrogens with zero attached hydrogens (tertiary/aromatic N) is 3. The summed E-state index contributed by atoms with van der Waals surface area (Å²) in [7, 11) is 0. The van der Waals surface area contributed by atoms with Crippen LogP contribution in [0.15, 0.2) is 18.3 Å². The zero-order valence-electron chi connectivity index (χ0n) is 10.0. The molecule has 1 aromatic rings. The predicted octanol–water partition coefficient (Wildman–Crippen LogP) is 1.79. The third kappa shape index (κ3) is 2.59. The fourth-order valence-corrected chi connectivity index (χ4v) is 2.49. The van der Waals surface area contributed by atoms with E-state index in [1.807, 2.05) is 6.07 Å². The van der Waals surface area contributed by atoms with Gasteiger partial charge in [-0.25, -0.2) is 4.98 Å². The molecule has 1 heterocycles. The fourth-order valence-electron chi connectivity index (χ4n) is 2.49. The van der Waals surface area contributed by atoms with Gasteiger partial charge in [0.25, 0.3) is 0 Å². The number of carboxylic acid groups (broad SMARTS) is 1. The summed E-state index contributed by atoms with van der Waals surface area (Å²) in [6.45, 7) is -0.0783. The van der Waals surface area contributed by atoms with Crippen molar-refractivity contribution in [2.75, 3.05) is 11.4 Å². The van der Waals surface area contributed by atoms with Crippen molar-refractivity contribution in [2.45, 2.75) is 31.7 Å². The molecule has 5 heteroatoms. The first-order valence-corrected chi connectivity index (χ1v) is 6.06. The van der Waals surface area contributed by atoms with Gasteiger partial charge in [-0.3, -0.25) is 4.79 Å². The third-order valence-electron chi connectivity index (χ3n) is 3.27. The molecule has 1 aromatic heterocycles. The van der Waals surface area contributed by atoms with Gasteiger partial charge in [-0.1, -0.05) is 12.8 Å². The van der Waals surface area contributed by atoms with Crippen LogP contribution in [0.3, 0.4) is 0 Å². The molecule has 0 aromatic carbocycles. The highest BCUT2D eigenvalue weighted by Crippen LogP contribution is 2.29. The fraction of sp³-hybridized carbons (Fsp3) is 0.462. The summed E-state index contributed by atoms with van der Waals surface area (Å²) >= 11 is 0. The predicted molar refractivity (Wildman–Crippen MR) is 66.2 cm³/mol.